The van der Waals surface area contributed by atoms with Crippen molar-refractivity contribution in [3.8, 4) is 5.75 Å². The zero-order valence-corrected chi connectivity index (χ0v) is 18.1. The number of anilines is 1. The number of piperidine rings is 1. The molecule has 168 valence electrons. The molecule has 30 heavy (non-hydrogen) atoms. The summed E-state index contributed by atoms with van der Waals surface area (Å²) in [6.45, 7) is 4.31. The molecule has 1 fully saturated rings. The van der Waals surface area contributed by atoms with Crippen molar-refractivity contribution in [2.24, 2.45) is 11.7 Å². The van der Waals surface area contributed by atoms with Gasteiger partial charge in [-0.3, -0.25) is 9.69 Å². The summed E-state index contributed by atoms with van der Waals surface area (Å²) >= 11 is 5.99. The zero-order chi connectivity index (χ0) is 21.9. The van der Waals surface area contributed by atoms with Crippen molar-refractivity contribution >= 4 is 29.2 Å². The lowest BCUT2D eigenvalue weighted by atomic mass is 9.96. The van der Waals surface area contributed by atoms with E-state index < -0.39 is 5.97 Å². The number of amides is 1. The molecule has 0 aromatic heterocycles. The quantitative estimate of drug-likeness (QED) is 0.262. The Morgan fingerprint density at radius 1 is 1.23 bits per heavy atom. The van der Waals surface area contributed by atoms with Crippen LogP contribution < -0.4 is 21.5 Å². The number of benzene rings is 1. The van der Waals surface area contributed by atoms with Crippen LogP contribution in [0, 0.1) is 5.92 Å². The number of nitrogens with zero attached hydrogens (tertiary/aromatic N) is 1. The highest BCUT2D eigenvalue weighted by atomic mass is 35.5. The molecule has 1 aliphatic heterocycles. The van der Waals surface area contributed by atoms with Crippen LogP contribution in [0.3, 0.4) is 0 Å². The lowest BCUT2D eigenvalue weighted by Gasteiger charge is -2.31. The summed E-state index contributed by atoms with van der Waals surface area (Å²) in [6, 6.07) is 2.95. The van der Waals surface area contributed by atoms with Gasteiger partial charge in [0.05, 0.1) is 31.0 Å². The summed E-state index contributed by atoms with van der Waals surface area (Å²) < 4.78 is 15.8. The van der Waals surface area contributed by atoms with Crippen molar-refractivity contribution in [2.45, 2.75) is 12.8 Å². The number of nitrogen functional groups attached to an aromatic ring is 1. The molecule has 5 N–H and O–H groups in total. The van der Waals surface area contributed by atoms with Gasteiger partial charge >= 0.3 is 5.97 Å². The monoisotopic (exact) mass is 442 g/mol. The maximum atomic E-state index is 12.3. The second-order valence-corrected chi connectivity index (χ2v) is 7.43. The minimum absolute atomic E-state index is 0.000473. The Morgan fingerprint density at radius 2 is 1.97 bits per heavy atom. The van der Waals surface area contributed by atoms with Crippen molar-refractivity contribution in [3.63, 3.8) is 0 Å². The van der Waals surface area contributed by atoms with Crippen LogP contribution in [0.25, 0.3) is 0 Å². The molecule has 2 rings (SSSR count). The molecule has 0 unspecified atom stereocenters. The van der Waals surface area contributed by atoms with Crippen LogP contribution in [0.15, 0.2) is 12.1 Å². The maximum Gasteiger partial charge on any atom is 0.342 e. The van der Waals surface area contributed by atoms with E-state index >= 15 is 0 Å². The second-order valence-electron chi connectivity index (χ2n) is 7.02. The van der Waals surface area contributed by atoms with Gasteiger partial charge in [0.25, 0.3) is 0 Å². The molecule has 0 aliphatic carbocycles. The van der Waals surface area contributed by atoms with Gasteiger partial charge in [-0.15, -0.1) is 0 Å². The van der Waals surface area contributed by atoms with Crippen LogP contribution in [0.2, 0.25) is 5.02 Å². The summed E-state index contributed by atoms with van der Waals surface area (Å²) in [5, 5.41) is 3.17. The third kappa shape index (κ3) is 7.32. The summed E-state index contributed by atoms with van der Waals surface area (Å²) in [6.07, 6.45) is 1.54. The van der Waals surface area contributed by atoms with Gasteiger partial charge in [0.15, 0.2) is 0 Å². The highest BCUT2D eigenvalue weighted by Gasteiger charge is 2.25. The first-order valence-electron chi connectivity index (χ1n) is 10.0. The Morgan fingerprint density at radius 3 is 2.63 bits per heavy atom. The van der Waals surface area contributed by atoms with Crippen LogP contribution in [-0.4, -0.2) is 76.4 Å². The van der Waals surface area contributed by atoms with Gasteiger partial charge < -0.3 is 31.0 Å². The van der Waals surface area contributed by atoms with E-state index in [4.69, 9.17) is 37.3 Å². The molecule has 10 heteroatoms. The third-order valence-corrected chi connectivity index (χ3v) is 5.27. The van der Waals surface area contributed by atoms with E-state index in [0.717, 1.165) is 25.9 Å². The van der Waals surface area contributed by atoms with Gasteiger partial charge in [-0.05, 0) is 32.0 Å². The van der Waals surface area contributed by atoms with Crippen LogP contribution >= 0.6 is 11.6 Å². The smallest absolute Gasteiger partial charge is 0.342 e. The number of hydrogen-bond donors (Lipinski definition) is 3. The number of halogens is 1. The number of likely N-dealkylation sites (tertiary alicyclic amines) is 1. The molecule has 1 amide bonds. The van der Waals surface area contributed by atoms with Crippen LogP contribution in [0.1, 0.15) is 23.2 Å². The second kappa shape index (κ2) is 12.6. The van der Waals surface area contributed by atoms with E-state index in [9.17, 15) is 9.59 Å². The minimum atomic E-state index is -0.514. The number of nitrogens with one attached hydrogen (secondary N) is 1. The molecule has 0 bridgehead atoms. The first-order chi connectivity index (χ1) is 14.5. The zero-order valence-electron chi connectivity index (χ0n) is 17.3. The Labute approximate surface area is 181 Å². The number of nitrogens with two attached hydrogens (primary N) is 2. The fraction of sp³-hybridized carbons (Fsp3) is 0.600. The summed E-state index contributed by atoms with van der Waals surface area (Å²) in [4.78, 5) is 26.7. The molecule has 0 spiro atoms. The number of carbonyl (C=O) groups is 2. The fourth-order valence-electron chi connectivity index (χ4n) is 3.24. The Kier molecular flexibility index (Phi) is 10.2. The average Bonchev–Trinajstić information content (AvgIpc) is 2.75. The summed E-state index contributed by atoms with van der Waals surface area (Å²) in [5.41, 5.74) is 11.6. The molecule has 1 aromatic carbocycles. The molecule has 1 aromatic rings. The Balaban J connectivity index is 1.68. The van der Waals surface area contributed by atoms with E-state index in [1.807, 2.05) is 0 Å². The summed E-state index contributed by atoms with van der Waals surface area (Å²) in [7, 11) is 1.45. The number of carbonyl (C=O) groups excluding carboxylic acids is 2. The molecule has 9 nitrogen and oxygen atoms in total. The largest absolute Gasteiger partial charge is 0.496 e. The number of rotatable bonds is 11. The topological polar surface area (TPSA) is 129 Å². The standard InChI is InChI=1S/C20H31ClN4O5/c1-28-18-13-17(23)16(21)12-15(18)20(27)30-11-8-25-6-2-14(3-7-25)19(26)24-5-10-29-9-4-22/h12-14H,2-11,22-23H2,1H3,(H,24,26). The third-order valence-electron chi connectivity index (χ3n) is 4.95. The Bertz CT molecular complexity index is 711. The van der Waals surface area contributed by atoms with Gasteiger partial charge in [-0.2, -0.15) is 0 Å². The number of ether oxygens (including phenoxy) is 3. The molecular weight excluding hydrogens is 412 g/mol. The molecule has 1 aliphatic rings. The SMILES string of the molecule is COc1cc(N)c(Cl)cc1C(=O)OCCN1CCC(C(=O)NCCOCCN)CC1. The van der Waals surface area contributed by atoms with Gasteiger partial charge in [0, 0.05) is 31.6 Å². The fourth-order valence-corrected chi connectivity index (χ4v) is 3.40. The van der Waals surface area contributed by atoms with Crippen molar-refractivity contribution < 1.29 is 23.8 Å². The Hall–Kier alpha value is -2.07. The number of esters is 1. The van der Waals surface area contributed by atoms with E-state index in [-0.39, 0.29) is 29.0 Å². The van der Waals surface area contributed by atoms with Crippen molar-refractivity contribution in [1.29, 1.82) is 0 Å². The van der Waals surface area contributed by atoms with E-state index in [1.165, 1.54) is 19.2 Å². The predicted octanol–water partition coefficient (Wildman–Crippen LogP) is 0.891. The molecule has 1 saturated heterocycles. The van der Waals surface area contributed by atoms with Crippen molar-refractivity contribution in [2.75, 3.05) is 65.4 Å². The van der Waals surface area contributed by atoms with Gasteiger partial charge in [0.2, 0.25) is 5.91 Å². The number of hydrogen-bond acceptors (Lipinski definition) is 8. The van der Waals surface area contributed by atoms with Crippen LogP contribution in [0.5, 0.6) is 5.75 Å². The van der Waals surface area contributed by atoms with E-state index in [0.29, 0.717) is 44.3 Å². The van der Waals surface area contributed by atoms with E-state index in [2.05, 4.69) is 10.2 Å². The van der Waals surface area contributed by atoms with Gasteiger partial charge in [-0.1, -0.05) is 11.6 Å². The summed E-state index contributed by atoms with van der Waals surface area (Å²) in [5.74, 6) is -0.133. The lowest BCUT2D eigenvalue weighted by Crippen LogP contribution is -2.42. The normalized spacial score (nSPS) is 15.0. The van der Waals surface area contributed by atoms with Crippen LogP contribution in [-0.2, 0) is 14.3 Å². The van der Waals surface area contributed by atoms with Crippen molar-refractivity contribution in [3.05, 3.63) is 22.7 Å². The molecule has 0 atom stereocenters. The highest BCUT2D eigenvalue weighted by molar-refractivity contribution is 6.33. The van der Waals surface area contributed by atoms with Gasteiger partial charge in [-0.25, -0.2) is 4.79 Å². The molecular formula is C20H31ClN4O5. The molecule has 1 heterocycles. The minimum Gasteiger partial charge on any atom is -0.496 e. The first-order valence-corrected chi connectivity index (χ1v) is 10.4. The maximum absolute atomic E-state index is 12.3. The molecule has 0 saturated carbocycles. The molecule has 0 radical (unpaired) electrons. The average molecular weight is 443 g/mol. The predicted molar refractivity (Wildman–Crippen MR) is 115 cm³/mol. The van der Waals surface area contributed by atoms with Crippen LogP contribution in [0.4, 0.5) is 5.69 Å². The van der Waals surface area contributed by atoms with E-state index in [1.54, 1.807) is 0 Å². The number of methoxy groups -OCH3 is 1. The lowest BCUT2D eigenvalue weighted by molar-refractivity contribution is -0.126. The van der Waals surface area contributed by atoms with Crippen molar-refractivity contribution in [1.82, 2.24) is 10.2 Å². The van der Waals surface area contributed by atoms with Gasteiger partial charge in [0.1, 0.15) is 17.9 Å². The highest BCUT2D eigenvalue weighted by Crippen LogP contribution is 2.29. The first kappa shape index (κ1) is 24.2.